The number of ether oxygens (including phenoxy) is 1. The third-order valence-corrected chi connectivity index (χ3v) is 2.03. The van der Waals surface area contributed by atoms with Gasteiger partial charge in [-0.1, -0.05) is 23.3 Å². The number of amides is 1. The molecule has 0 saturated heterocycles. The second-order valence-electron chi connectivity index (χ2n) is 3.21. The van der Waals surface area contributed by atoms with Crippen LogP contribution in [0.4, 0.5) is 0 Å². The van der Waals surface area contributed by atoms with Crippen LogP contribution in [-0.4, -0.2) is 19.1 Å². The average molecular weight is 234 g/mol. The van der Waals surface area contributed by atoms with Crippen molar-refractivity contribution < 1.29 is 9.53 Å². The maximum atomic E-state index is 11.2. The minimum absolute atomic E-state index is 0.187. The lowest BCUT2D eigenvalue weighted by atomic mass is 10.2. The zero-order valence-electron chi connectivity index (χ0n) is 9.59. The van der Waals surface area contributed by atoms with Gasteiger partial charge in [-0.25, -0.2) is 0 Å². The zero-order valence-corrected chi connectivity index (χ0v) is 9.59. The van der Waals surface area contributed by atoms with Crippen molar-refractivity contribution in [2.24, 2.45) is 5.11 Å². The third-order valence-electron chi connectivity index (χ3n) is 2.03. The van der Waals surface area contributed by atoms with Gasteiger partial charge in [0.25, 0.3) is 0 Å². The molecule has 1 N–H and O–H groups in total. The molecule has 0 aliphatic rings. The standard InChI is InChI=1S/C11H14N4O2/c1-2-17-10-6-4-3-5-9(10)7-13-11(16)8-14-15-12/h3-6H,2,7-8H2,1H3,(H,13,16). The Hall–Kier alpha value is -2.20. The molecule has 0 saturated carbocycles. The van der Waals surface area contributed by atoms with Crippen LogP contribution in [0, 0.1) is 0 Å². The molecular weight excluding hydrogens is 220 g/mol. The number of azide groups is 1. The molecule has 0 atom stereocenters. The van der Waals surface area contributed by atoms with Crippen LogP contribution in [0.2, 0.25) is 0 Å². The highest BCUT2D eigenvalue weighted by Gasteiger charge is 2.04. The second kappa shape index (κ2) is 7.14. The molecule has 0 unspecified atom stereocenters. The molecule has 90 valence electrons. The van der Waals surface area contributed by atoms with Gasteiger partial charge in [0.1, 0.15) is 12.3 Å². The van der Waals surface area contributed by atoms with E-state index in [0.29, 0.717) is 13.2 Å². The quantitative estimate of drug-likeness (QED) is 0.463. The fourth-order valence-corrected chi connectivity index (χ4v) is 1.29. The fraction of sp³-hybridized carbons (Fsp3) is 0.364. The average Bonchev–Trinajstić information content (AvgIpc) is 2.35. The van der Waals surface area contributed by atoms with Gasteiger partial charge < -0.3 is 10.1 Å². The molecule has 0 bridgehead atoms. The Bertz CT molecular complexity index is 427. The summed E-state index contributed by atoms with van der Waals surface area (Å²) in [7, 11) is 0. The van der Waals surface area contributed by atoms with E-state index in [-0.39, 0.29) is 12.5 Å². The fourth-order valence-electron chi connectivity index (χ4n) is 1.29. The van der Waals surface area contributed by atoms with Gasteiger partial charge in [0.15, 0.2) is 0 Å². The summed E-state index contributed by atoms with van der Waals surface area (Å²) in [5, 5.41) is 5.83. The minimum atomic E-state index is -0.311. The summed E-state index contributed by atoms with van der Waals surface area (Å²) in [4.78, 5) is 13.7. The number of carbonyl (C=O) groups is 1. The molecule has 0 fully saturated rings. The van der Waals surface area contributed by atoms with E-state index in [1.807, 2.05) is 31.2 Å². The van der Waals surface area contributed by atoms with E-state index in [1.54, 1.807) is 0 Å². The van der Waals surface area contributed by atoms with Crippen molar-refractivity contribution in [1.29, 1.82) is 0 Å². The van der Waals surface area contributed by atoms with Crippen LogP contribution in [0.5, 0.6) is 5.75 Å². The third kappa shape index (κ3) is 4.44. The highest BCUT2D eigenvalue weighted by Crippen LogP contribution is 2.17. The molecule has 6 nitrogen and oxygen atoms in total. The summed E-state index contributed by atoms with van der Waals surface area (Å²) in [6.07, 6.45) is 0. The summed E-state index contributed by atoms with van der Waals surface area (Å²) in [6, 6.07) is 7.46. The maximum absolute atomic E-state index is 11.2. The predicted molar refractivity (Wildman–Crippen MR) is 63.5 cm³/mol. The number of nitrogens with one attached hydrogen (secondary N) is 1. The first-order valence-corrected chi connectivity index (χ1v) is 5.26. The molecule has 0 aromatic heterocycles. The molecule has 17 heavy (non-hydrogen) atoms. The van der Waals surface area contributed by atoms with E-state index in [9.17, 15) is 4.79 Å². The van der Waals surface area contributed by atoms with E-state index in [2.05, 4.69) is 15.3 Å². The Morgan fingerprint density at radius 1 is 1.53 bits per heavy atom. The Balaban J connectivity index is 2.56. The second-order valence-corrected chi connectivity index (χ2v) is 3.21. The minimum Gasteiger partial charge on any atom is -0.494 e. The van der Waals surface area contributed by atoms with Crippen molar-refractivity contribution in [3.05, 3.63) is 40.3 Å². The van der Waals surface area contributed by atoms with Gasteiger partial charge in [-0.05, 0) is 18.5 Å². The Kier molecular flexibility index (Phi) is 5.40. The molecular formula is C11H14N4O2. The van der Waals surface area contributed by atoms with Crippen molar-refractivity contribution in [2.45, 2.75) is 13.5 Å². The lowest BCUT2D eigenvalue weighted by Crippen LogP contribution is -2.25. The number of carbonyl (C=O) groups excluding carboxylic acids is 1. The van der Waals surface area contributed by atoms with Gasteiger partial charge in [0, 0.05) is 17.0 Å². The summed E-state index contributed by atoms with van der Waals surface area (Å²) < 4.78 is 5.42. The molecule has 1 aromatic carbocycles. The van der Waals surface area contributed by atoms with Crippen molar-refractivity contribution >= 4 is 5.91 Å². The van der Waals surface area contributed by atoms with Gasteiger partial charge in [-0.2, -0.15) is 0 Å². The maximum Gasteiger partial charge on any atom is 0.226 e. The van der Waals surface area contributed by atoms with Gasteiger partial charge in [0.2, 0.25) is 5.91 Å². The van der Waals surface area contributed by atoms with Crippen LogP contribution in [0.3, 0.4) is 0 Å². The molecule has 0 radical (unpaired) electrons. The van der Waals surface area contributed by atoms with E-state index in [1.165, 1.54) is 0 Å². The summed E-state index contributed by atoms with van der Waals surface area (Å²) in [5.74, 6) is 0.438. The lowest BCUT2D eigenvalue weighted by molar-refractivity contribution is -0.119. The van der Waals surface area contributed by atoms with E-state index in [4.69, 9.17) is 10.3 Å². The lowest BCUT2D eigenvalue weighted by Gasteiger charge is -2.10. The van der Waals surface area contributed by atoms with Crippen molar-refractivity contribution in [3.63, 3.8) is 0 Å². The topological polar surface area (TPSA) is 87.1 Å². The number of hydrogen-bond donors (Lipinski definition) is 1. The van der Waals surface area contributed by atoms with Crippen molar-refractivity contribution in [2.75, 3.05) is 13.2 Å². The number of hydrogen-bond acceptors (Lipinski definition) is 3. The highest BCUT2D eigenvalue weighted by atomic mass is 16.5. The highest BCUT2D eigenvalue weighted by molar-refractivity contribution is 5.78. The Morgan fingerprint density at radius 3 is 3.00 bits per heavy atom. The number of nitrogens with zero attached hydrogens (tertiary/aromatic N) is 3. The normalized spacial score (nSPS) is 9.24. The summed E-state index contributed by atoms with van der Waals surface area (Å²) >= 11 is 0. The van der Waals surface area contributed by atoms with Crippen LogP contribution in [0.25, 0.3) is 10.4 Å². The first kappa shape index (κ1) is 12.9. The van der Waals surface area contributed by atoms with Gasteiger partial charge in [-0.3, -0.25) is 4.79 Å². The first-order chi connectivity index (χ1) is 8.27. The van der Waals surface area contributed by atoms with E-state index < -0.39 is 0 Å². The molecule has 0 aliphatic carbocycles. The van der Waals surface area contributed by atoms with E-state index in [0.717, 1.165) is 11.3 Å². The summed E-state index contributed by atoms with van der Waals surface area (Å²) in [5.41, 5.74) is 8.97. The van der Waals surface area contributed by atoms with Crippen LogP contribution in [0.1, 0.15) is 12.5 Å². The van der Waals surface area contributed by atoms with Gasteiger partial charge in [0.05, 0.1) is 6.61 Å². The smallest absolute Gasteiger partial charge is 0.226 e. The molecule has 0 heterocycles. The summed E-state index contributed by atoms with van der Waals surface area (Å²) in [6.45, 7) is 2.64. The number of benzene rings is 1. The Labute approximate surface area is 99.2 Å². The van der Waals surface area contributed by atoms with Crippen LogP contribution < -0.4 is 10.1 Å². The first-order valence-electron chi connectivity index (χ1n) is 5.26. The predicted octanol–water partition coefficient (Wildman–Crippen LogP) is 2.01. The molecule has 0 spiro atoms. The Morgan fingerprint density at radius 2 is 2.29 bits per heavy atom. The van der Waals surface area contributed by atoms with Crippen LogP contribution >= 0.6 is 0 Å². The number of rotatable bonds is 6. The van der Waals surface area contributed by atoms with Crippen molar-refractivity contribution in [3.8, 4) is 5.75 Å². The zero-order chi connectivity index (χ0) is 12.5. The van der Waals surface area contributed by atoms with Crippen LogP contribution in [-0.2, 0) is 11.3 Å². The monoisotopic (exact) mass is 234 g/mol. The molecule has 0 aliphatic heterocycles. The van der Waals surface area contributed by atoms with E-state index >= 15 is 0 Å². The van der Waals surface area contributed by atoms with Crippen molar-refractivity contribution in [1.82, 2.24) is 5.32 Å². The molecule has 1 rings (SSSR count). The van der Waals surface area contributed by atoms with Gasteiger partial charge in [-0.15, -0.1) is 0 Å². The number of para-hydroxylation sites is 1. The molecule has 1 amide bonds. The largest absolute Gasteiger partial charge is 0.494 e. The molecule has 1 aromatic rings. The van der Waals surface area contributed by atoms with Gasteiger partial charge >= 0.3 is 0 Å². The molecule has 6 heteroatoms. The van der Waals surface area contributed by atoms with Crippen LogP contribution in [0.15, 0.2) is 29.4 Å². The SMILES string of the molecule is CCOc1ccccc1CNC(=O)CN=[N+]=[N-].